The number of carbonyl (C=O) groups is 2. The number of halogens is 3. The molecule has 21 heavy (non-hydrogen) atoms. The van der Waals surface area contributed by atoms with Crippen LogP contribution in [0, 0.1) is 5.82 Å². The van der Waals surface area contributed by atoms with Crippen molar-refractivity contribution < 1.29 is 19.1 Å². The highest BCUT2D eigenvalue weighted by molar-refractivity contribution is 9.10. The predicted molar refractivity (Wildman–Crippen MR) is 78.3 cm³/mol. The van der Waals surface area contributed by atoms with Crippen LogP contribution in [0.25, 0.3) is 0 Å². The average Bonchev–Trinajstić information content (AvgIpc) is 2.43. The minimum atomic E-state index is -1.23. The molecule has 1 amide bonds. The maximum absolute atomic E-state index is 13.6. The van der Waals surface area contributed by atoms with Gasteiger partial charge in [-0.05, 0) is 40.2 Å². The van der Waals surface area contributed by atoms with Crippen molar-refractivity contribution in [2.24, 2.45) is 0 Å². The van der Waals surface area contributed by atoms with E-state index in [4.69, 9.17) is 16.7 Å². The monoisotopic (exact) mass is 372 g/mol. The summed E-state index contributed by atoms with van der Waals surface area (Å²) in [6, 6.07) is 4.50. The van der Waals surface area contributed by atoms with E-state index in [2.05, 4.69) is 26.2 Å². The van der Waals surface area contributed by atoms with Crippen LogP contribution < -0.4 is 5.32 Å². The lowest BCUT2D eigenvalue weighted by Gasteiger charge is -2.08. The fourth-order valence-corrected chi connectivity index (χ4v) is 2.05. The molecule has 2 rings (SSSR count). The lowest BCUT2D eigenvalue weighted by atomic mass is 10.2. The Morgan fingerprint density at radius 1 is 1.33 bits per heavy atom. The number of rotatable bonds is 3. The first-order chi connectivity index (χ1) is 9.88. The summed E-state index contributed by atoms with van der Waals surface area (Å²) in [6.45, 7) is 0. The van der Waals surface area contributed by atoms with Crippen molar-refractivity contribution in [3.63, 3.8) is 0 Å². The van der Waals surface area contributed by atoms with Gasteiger partial charge in [-0.15, -0.1) is 0 Å². The molecule has 0 aliphatic rings. The van der Waals surface area contributed by atoms with Crippen molar-refractivity contribution in [1.29, 1.82) is 0 Å². The summed E-state index contributed by atoms with van der Waals surface area (Å²) >= 11 is 8.94. The molecule has 0 fully saturated rings. The molecule has 2 aromatic rings. The fourth-order valence-electron chi connectivity index (χ4n) is 1.53. The molecule has 0 bridgehead atoms. The number of carbonyl (C=O) groups excluding carboxylic acids is 1. The number of hydrogen-bond acceptors (Lipinski definition) is 3. The number of pyridine rings is 1. The SMILES string of the molecule is O=C(O)c1ccc(F)c(NC(=O)c2cc(Br)cnc2Cl)c1. The van der Waals surface area contributed by atoms with Gasteiger partial charge in [-0.2, -0.15) is 0 Å². The average molecular weight is 374 g/mol. The second-order valence-electron chi connectivity index (χ2n) is 3.95. The van der Waals surface area contributed by atoms with Crippen LogP contribution in [-0.2, 0) is 0 Å². The standard InChI is InChI=1S/C13H7BrClFN2O3/c14-7-4-8(11(15)17-5-7)12(19)18-10-3-6(13(20)21)1-2-9(10)16/h1-5H,(H,18,19)(H,20,21). The van der Waals surface area contributed by atoms with E-state index >= 15 is 0 Å². The normalized spacial score (nSPS) is 10.2. The first-order valence-corrected chi connectivity index (χ1v) is 6.71. The van der Waals surface area contributed by atoms with Gasteiger partial charge in [-0.25, -0.2) is 14.2 Å². The Balaban J connectivity index is 2.33. The molecular weight excluding hydrogens is 367 g/mol. The van der Waals surface area contributed by atoms with Crippen molar-refractivity contribution in [2.45, 2.75) is 0 Å². The number of aromatic carboxylic acids is 1. The minimum absolute atomic E-state index is 0.0335. The second kappa shape index (κ2) is 6.19. The highest BCUT2D eigenvalue weighted by Gasteiger charge is 2.15. The molecule has 1 aromatic heterocycles. The zero-order chi connectivity index (χ0) is 15.6. The largest absolute Gasteiger partial charge is 0.478 e. The van der Waals surface area contributed by atoms with E-state index in [-0.39, 0.29) is 22.0 Å². The van der Waals surface area contributed by atoms with Gasteiger partial charge in [0.1, 0.15) is 11.0 Å². The maximum Gasteiger partial charge on any atom is 0.335 e. The molecule has 0 aliphatic heterocycles. The molecule has 1 heterocycles. The van der Waals surface area contributed by atoms with E-state index < -0.39 is 17.7 Å². The molecule has 0 saturated heterocycles. The molecule has 5 nitrogen and oxygen atoms in total. The Labute approximate surface area is 131 Å². The molecule has 108 valence electrons. The Hall–Kier alpha value is -1.99. The van der Waals surface area contributed by atoms with Crippen LogP contribution in [0.4, 0.5) is 10.1 Å². The van der Waals surface area contributed by atoms with E-state index in [1.165, 1.54) is 12.3 Å². The zero-order valence-corrected chi connectivity index (χ0v) is 12.6. The molecular formula is C13H7BrClFN2O3. The fraction of sp³-hybridized carbons (Fsp3) is 0. The number of benzene rings is 1. The highest BCUT2D eigenvalue weighted by atomic mass is 79.9. The quantitative estimate of drug-likeness (QED) is 0.806. The van der Waals surface area contributed by atoms with Crippen LogP contribution >= 0.6 is 27.5 Å². The Morgan fingerprint density at radius 2 is 2.05 bits per heavy atom. The smallest absolute Gasteiger partial charge is 0.335 e. The second-order valence-corrected chi connectivity index (χ2v) is 5.22. The van der Waals surface area contributed by atoms with Gasteiger partial charge in [0.15, 0.2) is 0 Å². The molecule has 0 atom stereocenters. The van der Waals surface area contributed by atoms with Gasteiger partial charge < -0.3 is 10.4 Å². The Bertz CT molecular complexity index is 739. The van der Waals surface area contributed by atoms with E-state index in [1.54, 1.807) is 0 Å². The lowest BCUT2D eigenvalue weighted by molar-refractivity contribution is 0.0696. The number of carboxylic acid groups (broad SMARTS) is 1. The van der Waals surface area contributed by atoms with Crippen LogP contribution in [0.2, 0.25) is 5.15 Å². The predicted octanol–water partition coefficient (Wildman–Crippen LogP) is 3.59. The van der Waals surface area contributed by atoms with Gasteiger partial charge in [0.25, 0.3) is 5.91 Å². The van der Waals surface area contributed by atoms with Gasteiger partial charge in [0, 0.05) is 10.7 Å². The molecule has 2 N–H and O–H groups in total. The molecule has 8 heteroatoms. The highest BCUT2D eigenvalue weighted by Crippen LogP contribution is 2.21. The number of nitrogens with zero attached hydrogens (tertiary/aromatic N) is 1. The number of aromatic nitrogens is 1. The van der Waals surface area contributed by atoms with Gasteiger partial charge in [-0.3, -0.25) is 4.79 Å². The number of hydrogen-bond donors (Lipinski definition) is 2. The topological polar surface area (TPSA) is 79.3 Å². The number of nitrogens with one attached hydrogen (secondary N) is 1. The van der Waals surface area contributed by atoms with Crippen LogP contribution in [0.3, 0.4) is 0 Å². The Kier molecular flexibility index (Phi) is 4.54. The third-order valence-electron chi connectivity index (χ3n) is 2.51. The lowest BCUT2D eigenvalue weighted by Crippen LogP contribution is -2.14. The minimum Gasteiger partial charge on any atom is -0.478 e. The van der Waals surface area contributed by atoms with E-state index in [0.717, 1.165) is 18.2 Å². The van der Waals surface area contributed by atoms with Crippen LogP contribution in [0.15, 0.2) is 34.9 Å². The van der Waals surface area contributed by atoms with Crippen molar-refractivity contribution in [3.8, 4) is 0 Å². The number of carboxylic acids is 1. The maximum atomic E-state index is 13.6. The number of anilines is 1. The number of amides is 1. The van der Waals surface area contributed by atoms with Crippen molar-refractivity contribution in [3.05, 3.63) is 57.0 Å². The van der Waals surface area contributed by atoms with Crippen molar-refractivity contribution in [1.82, 2.24) is 4.98 Å². The molecule has 1 aromatic carbocycles. The van der Waals surface area contributed by atoms with Crippen molar-refractivity contribution >= 4 is 45.1 Å². The van der Waals surface area contributed by atoms with Gasteiger partial charge in [-0.1, -0.05) is 11.6 Å². The summed E-state index contributed by atoms with van der Waals surface area (Å²) in [7, 11) is 0. The van der Waals surface area contributed by atoms with Crippen LogP contribution in [0.5, 0.6) is 0 Å². The van der Waals surface area contributed by atoms with Crippen LogP contribution in [-0.4, -0.2) is 22.0 Å². The zero-order valence-electron chi connectivity index (χ0n) is 10.2. The summed E-state index contributed by atoms with van der Waals surface area (Å²) in [5.74, 6) is -2.68. The first kappa shape index (κ1) is 15.4. The Morgan fingerprint density at radius 3 is 2.71 bits per heavy atom. The summed E-state index contributed by atoms with van der Waals surface area (Å²) in [5.41, 5.74) is -0.368. The molecule has 0 unspecified atom stereocenters. The molecule has 0 aliphatic carbocycles. The third-order valence-corrected chi connectivity index (χ3v) is 3.25. The third kappa shape index (κ3) is 3.56. The summed E-state index contributed by atoms with van der Waals surface area (Å²) in [4.78, 5) is 26.7. The van der Waals surface area contributed by atoms with Gasteiger partial charge >= 0.3 is 5.97 Å². The molecule has 0 radical (unpaired) electrons. The molecule has 0 saturated carbocycles. The molecule has 0 spiro atoms. The van der Waals surface area contributed by atoms with Crippen molar-refractivity contribution in [2.75, 3.05) is 5.32 Å². The van der Waals surface area contributed by atoms with Crippen LogP contribution in [0.1, 0.15) is 20.7 Å². The van der Waals surface area contributed by atoms with E-state index in [0.29, 0.717) is 4.47 Å². The van der Waals surface area contributed by atoms with Gasteiger partial charge in [0.2, 0.25) is 0 Å². The van der Waals surface area contributed by atoms with E-state index in [1.807, 2.05) is 0 Å². The summed E-state index contributed by atoms with van der Waals surface area (Å²) < 4.78 is 14.1. The summed E-state index contributed by atoms with van der Waals surface area (Å²) in [5, 5.41) is 11.1. The first-order valence-electron chi connectivity index (χ1n) is 5.53. The van der Waals surface area contributed by atoms with Gasteiger partial charge in [0.05, 0.1) is 16.8 Å². The summed E-state index contributed by atoms with van der Waals surface area (Å²) in [6.07, 6.45) is 1.41. The van der Waals surface area contributed by atoms with E-state index in [9.17, 15) is 14.0 Å².